The second-order valence-electron chi connectivity index (χ2n) is 6.14. The van der Waals surface area contributed by atoms with Crippen LogP contribution in [0.25, 0.3) is 10.8 Å². The number of anilines is 3. The first-order valence-electron chi connectivity index (χ1n) is 8.25. The van der Waals surface area contributed by atoms with Gasteiger partial charge in [-0.05, 0) is 36.4 Å². The van der Waals surface area contributed by atoms with Crippen LogP contribution < -0.4 is 15.5 Å². The molecule has 2 heterocycles. The smallest absolute Gasteiger partial charge is 0.153 e. The van der Waals surface area contributed by atoms with E-state index in [9.17, 15) is 0 Å². The fourth-order valence-electron chi connectivity index (χ4n) is 3.29. The number of piperazine rings is 1. The Balaban J connectivity index is 1.51. The third kappa shape index (κ3) is 2.92. The third-order valence-corrected chi connectivity index (χ3v) is 4.66. The first-order chi connectivity index (χ1) is 12.2. The molecule has 6 heteroatoms. The molecule has 3 aromatic rings. The van der Waals surface area contributed by atoms with Crippen LogP contribution in [0.5, 0.6) is 0 Å². The predicted octanol–water partition coefficient (Wildman–Crippen LogP) is 2.41. The lowest BCUT2D eigenvalue weighted by Crippen LogP contribution is -2.46. The van der Waals surface area contributed by atoms with E-state index in [0.29, 0.717) is 11.4 Å². The summed E-state index contributed by atoms with van der Waals surface area (Å²) >= 11 is 0. The number of nitriles is 1. The number of fused-ring (bicyclic) bond motifs is 1. The first kappa shape index (κ1) is 15.2. The SMILES string of the molecule is N#Cc1cccc(N2CCN(c3ccc4c(N)nncc4c3)CC2)c1. The van der Waals surface area contributed by atoms with E-state index in [4.69, 9.17) is 11.0 Å². The fourth-order valence-corrected chi connectivity index (χ4v) is 3.29. The highest BCUT2D eigenvalue weighted by Gasteiger charge is 2.18. The van der Waals surface area contributed by atoms with Crippen molar-refractivity contribution in [1.82, 2.24) is 10.2 Å². The van der Waals surface area contributed by atoms with Gasteiger partial charge in [0, 0.05) is 48.3 Å². The highest BCUT2D eigenvalue weighted by Crippen LogP contribution is 2.26. The highest BCUT2D eigenvalue weighted by molar-refractivity contribution is 5.92. The van der Waals surface area contributed by atoms with Crippen molar-refractivity contribution in [2.75, 3.05) is 41.7 Å². The van der Waals surface area contributed by atoms with Crippen LogP contribution in [-0.4, -0.2) is 36.4 Å². The van der Waals surface area contributed by atoms with E-state index >= 15 is 0 Å². The molecule has 1 aliphatic heterocycles. The molecule has 1 saturated heterocycles. The van der Waals surface area contributed by atoms with Gasteiger partial charge in [-0.15, -0.1) is 5.10 Å². The lowest BCUT2D eigenvalue weighted by Gasteiger charge is -2.37. The molecule has 0 unspecified atom stereocenters. The maximum atomic E-state index is 9.06. The van der Waals surface area contributed by atoms with Gasteiger partial charge >= 0.3 is 0 Å². The zero-order valence-electron chi connectivity index (χ0n) is 13.8. The van der Waals surface area contributed by atoms with Gasteiger partial charge < -0.3 is 15.5 Å². The molecule has 0 atom stereocenters. The Bertz CT molecular complexity index is 954. The zero-order valence-corrected chi connectivity index (χ0v) is 13.8. The molecule has 0 amide bonds. The molecule has 124 valence electrons. The minimum Gasteiger partial charge on any atom is -0.382 e. The zero-order chi connectivity index (χ0) is 17.2. The van der Waals surface area contributed by atoms with Gasteiger partial charge in [-0.3, -0.25) is 0 Å². The largest absolute Gasteiger partial charge is 0.382 e. The first-order valence-corrected chi connectivity index (χ1v) is 8.25. The Morgan fingerprint density at radius 3 is 2.40 bits per heavy atom. The Labute approximate surface area is 146 Å². The molecule has 0 bridgehead atoms. The average Bonchev–Trinajstić information content (AvgIpc) is 2.68. The van der Waals surface area contributed by atoms with Gasteiger partial charge in [-0.25, -0.2) is 0 Å². The summed E-state index contributed by atoms with van der Waals surface area (Å²) in [7, 11) is 0. The molecule has 0 aliphatic carbocycles. The summed E-state index contributed by atoms with van der Waals surface area (Å²) in [5.74, 6) is 0.464. The predicted molar refractivity (Wildman–Crippen MR) is 99.5 cm³/mol. The normalized spacial score (nSPS) is 14.5. The molecular formula is C19H18N6. The monoisotopic (exact) mass is 330 g/mol. The van der Waals surface area contributed by atoms with Crippen LogP contribution in [0.2, 0.25) is 0 Å². The minimum atomic E-state index is 0.464. The molecule has 1 aliphatic rings. The van der Waals surface area contributed by atoms with Crippen molar-refractivity contribution < 1.29 is 0 Å². The van der Waals surface area contributed by atoms with E-state index in [0.717, 1.165) is 42.6 Å². The van der Waals surface area contributed by atoms with Crippen molar-refractivity contribution >= 4 is 28.0 Å². The van der Waals surface area contributed by atoms with E-state index in [1.807, 2.05) is 24.3 Å². The van der Waals surface area contributed by atoms with Crippen LogP contribution in [0.15, 0.2) is 48.7 Å². The summed E-state index contributed by atoms with van der Waals surface area (Å²) in [4.78, 5) is 4.68. The Morgan fingerprint density at radius 1 is 0.960 bits per heavy atom. The van der Waals surface area contributed by atoms with Crippen molar-refractivity contribution in [3.63, 3.8) is 0 Å². The Morgan fingerprint density at radius 2 is 1.68 bits per heavy atom. The van der Waals surface area contributed by atoms with E-state index in [1.54, 1.807) is 6.20 Å². The quantitative estimate of drug-likeness (QED) is 0.777. The molecule has 1 aromatic heterocycles. The van der Waals surface area contributed by atoms with Crippen LogP contribution >= 0.6 is 0 Å². The maximum Gasteiger partial charge on any atom is 0.153 e. The molecule has 0 spiro atoms. The number of hydrogen-bond acceptors (Lipinski definition) is 6. The summed E-state index contributed by atoms with van der Waals surface area (Å²) in [5, 5.41) is 18.8. The van der Waals surface area contributed by atoms with Crippen LogP contribution in [-0.2, 0) is 0 Å². The molecule has 0 radical (unpaired) electrons. The van der Waals surface area contributed by atoms with E-state index in [1.165, 1.54) is 5.69 Å². The second-order valence-corrected chi connectivity index (χ2v) is 6.14. The summed E-state index contributed by atoms with van der Waals surface area (Å²) < 4.78 is 0. The van der Waals surface area contributed by atoms with Crippen molar-refractivity contribution in [3.05, 3.63) is 54.2 Å². The van der Waals surface area contributed by atoms with Gasteiger partial charge in [0.25, 0.3) is 0 Å². The standard InChI is InChI=1S/C19H18N6/c20-12-14-2-1-3-16(10-14)24-6-8-25(9-7-24)17-4-5-18-15(11-17)13-22-23-19(18)21/h1-5,10-11,13H,6-9H2,(H2,21,23). The Hall–Kier alpha value is -3.33. The van der Waals surface area contributed by atoms with Crippen LogP contribution in [0.4, 0.5) is 17.2 Å². The molecule has 4 rings (SSSR count). The second kappa shape index (κ2) is 6.29. The van der Waals surface area contributed by atoms with Gasteiger partial charge in [0.05, 0.1) is 17.8 Å². The van der Waals surface area contributed by atoms with Crippen molar-refractivity contribution in [1.29, 1.82) is 5.26 Å². The van der Waals surface area contributed by atoms with Gasteiger partial charge in [0.15, 0.2) is 5.82 Å². The van der Waals surface area contributed by atoms with E-state index < -0.39 is 0 Å². The molecule has 0 saturated carbocycles. The molecule has 1 fully saturated rings. The number of benzene rings is 2. The molecule has 2 N–H and O–H groups in total. The lowest BCUT2D eigenvalue weighted by atomic mass is 10.1. The summed E-state index contributed by atoms with van der Waals surface area (Å²) in [6, 6.07) is 16.2. The number of nitrogens with zero attached hydrogens (tertiary/aromatic N) is 5. The molecule has 6 nitrogen and oxygen atoms in total. The van der Waals surface area contributed by atoms with Gasteiger partial charge in [0.1, 0.15) is 0 Å². The summed E-state index contributed by atoms with van der Waals surface area (Å²) in [6.45, 7) is 3.69. The average molecular weight is 330 g/mol. The van der Waals surface area contributed by atoms with Gasteiger partial charge in [0.2, 0.25) is 0 Å². The van der Waals surface area contributed by atoms with Crippen LogP contribution in [0.3, 0.4) is 0 Å². The molecule has 2 aromatic carbocycles. The molecule has 25 heavy (non-hydrogen) atoms. The lowest BCUT2D eigenvalue weighted by molar-refractivity contribution is 0.654. The minimum absolute atomic E-state index is 0.464. The van der Waals surface area contributed by atoms with Gasteiger partial charge in [-0.1, -0.05) is 6.07 Å². The number of nitrogens with two attached hydrogens (primary N) is 1. The van der Waals surface area contributed by atoms with Crippen LogP contribution in [0.1, 0.15) is 5.56 Å². The summed E-state index contributed by atoms with van der Waals surface area (Å²) in [6.07, 6.45) is 1.75. The van der Waals surface area contributed by atoms with E-state index in [2.05, 4.69) is 44.3 Å². The topological polar surface area (TPSA) is 82.1 Å². The van der Waals surface area contributed by atoms with Crippen LogP contribution in [0, 0.1) is 11.3 Å². The van der Waals surface area contributed by atoms with Crippen molar-refractivity contribution in [2.24, 2.45) is 0 Å². The van der Waals surface area contributed by atoms with E-state index in [-0.39, 0.29) is 0 Å². The fraction of sp³-hybridized carbons (Fsp3) is 0.211. The number of hydrogen-bond donors (Lipinski definition) is 1. The maximum absolute atomic E-state index is 9.06. The number of aromatic nitrogens is 2. The summed E-state index contributed by atoms with van der Waals surface area (Å²) in [5.41, 5.74) is 8.86. The highest BCUT2D eigenvalue weighted by atomic mass is 15.3. The van der Waals surface area contributed by atoms with Crippen molar-refractivity contribution in [3.8, 4) is 6.07 Å². The molecular weight excluding hydrogens is 312 g/mol. The van der Waals surface area contributed by atoms with Crippen molar-refractivity contribution in [2.45, 2.75) is 0 Å². The number of rotatable bonds is 2. The van der Waals surface area contributed by atoms with Gasteiger partial charge in [-0.2, -0.15) is 10.4 Å². The third-order valence-electron chi connectivity index (χ3n) is 4.66. The Kier molecular flexibility index (Phi) is 3.82. The number of nitrogen functional groups attached to an aromatic ring is 1.